The summed E-state index contributed by atoms with van der Waals surface area (Å²) in [6.07, 6.45) is 1.39. The summed E-state index contributed by atoms with van der Waals surface area (Å²) in [7, 11) is -2.02. The summed E-state index contributed by atoms with van der Waals surface area (Å²) in [5.41, 5.74) is 3.02. The fourth-order valence-electron chi connectivity index (χ4n) is 1.60. The van der Waals surface area contributed by atoms with E-state index >= 15 is 0 Å². The van der Waals surface area contributed by atoms with E-state index in [2.05, 4.69) is 9.97 Å². The molecule has 0 fully saturated rings. The molecule has 0 aliphatic rings. The maximum absolute atomic E-state index is 12.3. The SMILES string of the molecule is Cc1ncsc1CN(C)S(=O)(=O)c1c[nH]c(CO)c1. The minimum atomic E-state index is -3.55. The Morgan fingerprint density at radius 2 is 2.26 bits per heavy atom. The van der Waals surface area contributed by atoms with E-state index < -0.39 is 10.0 Å². The van der Waals surface area contributed by atoms with Crippen molar-refractivity contribution < 1.29 is 13.5 Å². The summed E-state index contributed by atoms with van der Waals surface area (Å²) in [5, 5.41) is 8.95. The van der Waals surface area contributed by atoms with Crippen molar-refractivity contribution in [3.63, 3.8) is 0 Å². The van der Waals surface area contributed by atoms with Crippen molar-refractivity contribution in [3.8, 4) is 0 Å². The second-order valence-electron chi connectivity index (χ2n) is 4.14. The zero-order valence-electron chi connectivity index (χ0n) is 10.6. The molecule has 0 aliphatic carbocycles. The molecule has 8 heteroatoms. The molecule has 104 valence electrons. The number of hydrogen-bond donors (Lipinski definition) is 2. The Morgan fingerprint density at radius 1 is 1.53 bits per heavy atom. The first-order valence-corrected chi connectivity index (χ1v) is 7.90. The van der Waals surface area contributed by atoms with E-state index in [0.29, 0.717) is 12.2 Å². The van der Waals surface area contributed by atoms with Crippen LogP contribution in [0.2, 0.25) is 0 Å². The Bertz CT molecular complexity index is 660. The number of aromatic amines is 1. The van der Waals surface area contributed by atoms with E-state index in [9.17, 15) is 8.42 Å². The quantitative estimate of drug-likeness (QED) is 0.865. The van der Waals surface area contributed by atoms with Gasteiger partial charge in [-0.1, -0.05) is 0 Å². The molecule has 19 heavy (non-hydrogen) atoms. The predicted octanol–water partition coefficient (Wildman–Crippen LogP) is 1.09. The molecule has 2 aromatic heterocycles. The number of rotatable bonds is 5. The van der Waals surface area contributed by atoms with Crippen LogP contribution in [0.3, 0.4) is 0 Å². The third kappa shape index (κ3) is 2.86. The number of sulfonamides is 1. The molecule has 2 aromatic rings. The van der Waals surface area contributed by atoms with Crippen molar-refractivity contribution in [2.24, 2.45) is 0 Å². The van der Waals surface area contributed by atoms with Gasteiger partial charge < -0.3 is 10.1 Å². The number of hydrogen-bond acceptors (Lipinski definition) is 5. The fourth-order valence-corrected chi connectivity index (χ4v) is 3.67. The number of aryl methyl sites for hydroxylation is 1. The standard InChI is InChI=1S/C11H15N3O3S2/c1-8-11(18-7-13-8)5-14(2)19(16,17)10-3-9(6-15)12-4-10/h3-4,7,12,15H,5-6H2,1-2H3. The van der Waals surface area contributed by atoms with Gasteiger partial charge in [0.05, 0.1) is 22.7 Å². The minimum Gasteiger partial charge on any atom is -0.390 e. The van der Waals surface area contributed by atoms with Gasteiger partial charge >= 0.3 is 0 Å². The molecule has 2 N–H and O–H groups in total. The van der Waals surface area contributed by atoms with Crippen LogP contribution < -0.4 is 0 Å². The van der Waals surface area contributed by atoms with Crippen LogP contribution in [0.15, 0.2) is 22.7 Å². The maximum Gasteiger partial charge on any atom is 0.244 e. The fraction of sp³-hybridized carbons (Fsp3) is 0.364. The Morgan fingerprint density at radius 3 is 2.79 bits per heavy atom. The Labute approximate surface area is 115 Å². The molecule has 2 rings (SSSR count). The van der Waals surface area contributed by atoms with Crippen LogP contribution in [0.1, 0.15) is 16.3 Å². The summed E-state index contributed by atoms with van der Waals surface area (Å²) in [6.45, 7) is 1.93. The van der Waals surface area contributed by atoms with Gasteiger partial charge in [0, 0.05) is 30.4 Å². The topological polar surface area (TPSA) is 86.3 Å². The number of H-pyrrole nitrogens is 1. The predicted molar refractivity (Wildman–Crippen MR) is 72.2 cm³/mol. The molecule has 0 amide bonds. The maximum atomic E-state index is 12.3. The molecular formula is C11H15N3O3S2. The van der Waals surface area contributed by atoms with Gasteiger partial charge in [-0.15, -0.1) is 11.3 Å². The Kier molecular flexibility index (Phi) is 4.04. The molecule has 0 saturated heterocycles. The first kappa shape index (κ1) is 14.2. The van der Waals surface area contributed by atoms with E-state index in [0.717, 1.165) is 10.6 Å². The first-order valence-electron chi connectivity index (χ1n) is 5.58. The molecule has 0 unspecified atom stereocenters. The summed E-state index contributed by atoms with van der Waals surface area (Å²) in [4.78, 5) is 7.90. The molecule has 0 atom stereocenters. The van der Waals surface area contributed by atoms with Crippen LogP contribution in [0, 0.1) is 6.92 Å². The van der Waals surface area contributed by atoms with Crippen molar-refractivity contribution in [1.29, 1.82) is 0 Å². The highest BCUT2D eigenvalue weighted by molar-refractivity contribution is 7.89. The van der Waals surface area contributed by atoms with Gasteiger partial charge in [-0.2, -0.15) is 4.31 Å². The molecule has 0 saturated carbocycles. The largest absolute Gasteiger partial charge is 0.390 e. The number of aromatic nitrogens is 2. The van der Waals surface area contributed by atoms with Crippen LogP contribution >= 0.6 is 11.3 Å². The van der Waals surface area contributed by atoms with E-state index in [4.69, 9.17) is 5.11 Å². The number of aliphatic hydroxyl groups is 1. The lowest BCUT2D eigenvalue weighted by Gasteiger charge is -2.15. The Hall–Kier alpha value is -1.22. The van der Waals surface area contributed by atoms with Crippen molar-refractivity contribution in [2.45, 2.75) is 25.0 Å². The lowest BCUT2D eigenvalue weighted by molar-refractivity contribution is 0.277. The van der Waals surface area contributed by atoms with E-state index in [1.54, 1.807) is 5.51 Å². The normalized spacial score (nSPS) is 12.2. The van der Waals surface area contributed by atoms with Crippen LogP contribution in [-0.4, -0.2) is 34.8 Å². The van der Waals surface area contributed by atoms with Crippen LogP contribution in [0.4, 0.5) is 0 Å². The number of nitrogens with one attached hydrogen (secondary N) is 1. The molecule has 2 heterocycles. The van der Waals surface area contributed by atoms with Gasteiger partial charge in [0.1, 0.15) is 0 Å². The summed E-state index contributed by atoms with van der Waals surface area (Å²) in [5.74, 6) is 0. The van der Waals surface area contributed by atoms with Crippen LogP contribution in [0.25, 0.3) is 0 Å². The zero-order valence-corrected chi connectivity index (χ0v) is 12.3. The Balaban J connectivity index is 2.22. The minimum absolute atomic E-state index is 0.154. The molecule has 0 spiro atoms. The summed E-state index contributed by atoms with van der Waals surface area (Å²) < 4.78 is 25.9. The van der Waals surface area contributed by atoms with Gasteiger partial charge in [-0.3, -0.25) is 0 Å². The van der Waals surface area contributed by atoms with Crippen LogP contribution in [0.5, 0.6) is 0 Å². The lowest BCUT2D eigenvalue weighted by atomic mass is 10.4. The number of nitrogens with zero attached hydrogens (tertiary/aromatic N) is 2. The van der Waals surface area contributed by atoms with Crippen LogP contribution in [-0.2, 0) is 23.2 Å². The molecule has 0 aliphatic heterocycles. The molecule has 6 nitrogen and oxygen atoms in total. The highest BCUT2D eigenvalue weighted by Crippen LogP contribution is 2.20. The second-order valence-corrected chi connectivity index (χ2v) is 7.12. The second kappa shape index (κ2) is 5.41. The van der Waals surface area contributed by atoms with Gasteiger partial charge in [-0.25, -0.2) is 13.4 Å². The lowest BCUT2D eigenvalue weighted by Crippen LogP contribution is -2.26. The van der Waals surface area contributed by atoms with Gasteiger partial charge in [0.15, 0.2) is 0 Å². The van der Waals surface area contributed by atoms with E-state index in [1.165, 1.54) is 35.0 Å². The third-order valence-electron chi connectivity index (χ3n) is 2.81. The summed E-state index contributed by atoms with van der Waals surface area (Å²) >= 11 is 1.43. The highest BCUT2D eigenvalue weighted by Gasteiger charge is 2.23. The zero-order chi connectivity index (χ0) is 14.0. The average Bonchev–Trinajstić information content (AvgIpc) is 2.99. The monoisotopic (exact) mass is 301 g/mol. The van der Waals surface area contributed by atoms with Gasteiger partial charge in [-0.05, 0) is 13.0 Å². The smallest absolute Gasteiger partial charge is 0.244 e. The van der Waals surface area contributed by atoms with Crippen molar-refractivity contribution in [3.05, 3.63) is 34.0 Å². The van der Waals surface area contributed by atoms with Crippen molar-refractivity contribution in [2.75, 3.05) is 7.05 Å². The number of aliphatic hydroxyl groups excluding tert-OH is 1. The van der Waals surface area contributed by atoms with E-state index in [-0.39, 0.29) is 11.5 Å². The first-order chi connectivity index (χ1) is 8.95. The third-order valence-corrected chi connectivity index (χ3v) is 5.51. The molecular weight excluding hydrogens is 286 g/mol. The van der Waals surface area contributed by atoms with Gasteiger partial charge in [0.25, 0.3) is 0 Å². The van der Waals surface area contributed by atoms with Crippen molar-refractivity contribution in [1.82, 2.24) is 14.3 Å². The van der Waals surface area contributed by atoms with E-state index in [1.807, 2.05) is 6.92 Å². The molecule has 0 bridgehead atoms. The molecule has 0 radical (unpaired) electrons. The number of thiazole rings is 1. The average molecular weight is 301 g/mol. The molecule has 0 aromatic carbocycles. The van der Waals surface area contributed by atoms with Gasteiger partial charge in [0.2, 0.25) is 10.0 Å². The summed E-state index contributed by atoms with van der Waals surface area (Å²) in [6, 6.07) is 1.44. The highest BCUT2D eigenvalue weighted by atomic mass is 32.2. The van der Waals surface area contributed by atoms with Crippen molar-refractivity contribution >= 4 is 21.4 Å².